The van der Waals surface area contributed by atoms with Gasteiger partial charge in [0.25, 0.3) is 0 Å². The summed E-state index contributed by atoms with van der Waals surface area (Å²) in [5, 5.41) is 2.64. The predicted molar refractivity (Wildman–Crippen MR) is 78.9 cm³/mol. The summed E-state index contributed by atoms with van der Waals surface area (Å²) in [6, 6.07) is 0. The Morgan fingerprint density at radius 3 is 2.42 bits per heavy atom. The average molecular weight is 290 g/mol. The molecule has 0 aromatic heterocycles. The van der Waals surface area contributed by atoms with Gasteiger partial charge in [0.05, 0.1) is 5.75 Å². The first-order valence-electron chi connectivity index (χ1n) is 6.75. The minimum absolute atomic E-state index is 0.150. The molecule has 6 heteroatoms. The van der Waals surface area contributed by atoms with Crippen molar-refractivity contribution in [2.75, 3.05) is 37.7 Å². The van der Waals surface area contributed by atoms with Crippen LogP contribution in [0.15, 0.2) is 12.7 Å². The van der Waals surface area contributed by atoms with Gasteiger partial charge in [0.1, 0.15) is 5.75 Å². The van der Waals surface area contributed by atoms with Crippen LogP contribution in [0.4, 0.5) is 0 Å². The molecular weight excluding hydrogens is 264 g/mol. The van der Waals surface area contributed by atoms with Gasteiger partial charge in [-0.1, -0.05) is 19.9 Å². The van der Waals surface area contributed by atoms with Crippen LogP contribution in [0.2, 0.25) is 0 Å². The van der Waals surface area contributed by atoms with Crippen LogP contribution in [0.25, 0.3) is 0 Å². The van der Waals surface area contributed by atoms with Gasteiger partial charge in [-0.2, -0.15) is 0 Å². The Balaban J connectivity index is 3.73. The number of hydrogen-bond donors (Lipinski definition) is 1. The summed E-state index contributed by atoms with van der Waals surface area (Å²) >= 11 is 0. The zero-order valence-electron chi connectivity index (χ0n) is 12.0. The fourth-order valence-corrected chi connectivity index (χ4v) is 2.70. The average Bonchev–Trinajstić information content (AvgIpc) is 2.33. The molecule has 0 aromatic carbocycles. The highest BCUT2D eigenvalue weighted by atomic mass is 32.2. The lowest BCUT2D eigenvalue weighted by molar-refractivity contribution is -0.118. The minimum Gasteiger partial charge on any atom is -0.355 e. The fourth-order valence-electron chi connectivity index (χ4n) is 1.72. The quantitative estimate of drug-likeness (QED) is 0.452. The zero-order valence-corrected chi connectivity index (χ0v) is 12.8. The van der Waals surface area contributed by atoms with Crippen LogP contribution in [-0.4, -0.2) is 56.9 Å². The van der Waals surface area contributed by atoms with Gasteiger partial charge in [0.2, 0.25) is 5.91 Å². The maximum Gasteiger partial charge on any atom is 0.235 e. The second kappa shape index (κ2) is 9.97. The number of rotatable bonds is 11. The summed E-state index contributed by atoms with van der Waals surface area (Å²) in [5.41, 5.74) is 0. The molecule has 0 bridgehead atoms. The molecule has 0 heterocycles. The number of sulfone groups is 1. The number of unbranched alkanes of at least 4 members (excludes halogenated alkanes) is 1. The summed E-state index contributed by atoms with van der Waals surface area (Å²) in [6.07, 6.45) is 3.16. The van der Waals surface area contributed by atoms with E-state index in [1.54, 1.807) is 0 Å². The van der Waals surface area contributed by atoms with E-state index in [4.69, 9.17) is 0 Å². The van der Waals surface area contributed by atoms with Crippen molar-refractivity contribution in [3.8, 4) is 0 Å². The topological polar surface area (TPSA) is 66.5 Å². The molecule has 19 heavy (non-hydrogen) atoms. The lowest BCUT2D eigenvalue weighted by Crippen LogP contribution is -2.32. The van der Waals surface area contributed by atoms with Crippen molar-refractivity contribution in [3.63, 3.8) is 0 Å². The highest BCUT2D eigenvalue weighted by Gasteiger charge is 2.14. The third kappa shape index (κ3) is 9.67. The number of hydrogen-bond acceptors (Lipinski definition) is 4. The van der Waals surface area contributed by atoms with Gasteiger partial charge in [0, 0.05) is 6.54 Å². The monoisotopic (exact) mass is 290 g/mol. The molecule has 1 N–H and O–H groups in total. The van der Waals surface area contributed by atoms with E-state index in [0.29, 0.717) is 6.54 Å². The van der Waals surface area contributed by atoms with E-state index in [1.165, 1.54) is 6.08 Å². The molecule has 0 aliphatic carbocycles. The van der Waals surface area contributed by atoms with Crippen LogP contribution < -0.4 is 5.32 Å². The van der Waals surface area contributed by atoms with Gasteiger partial charge in [-0.25, -0.2) is 8.42 Å². The molecule has 0 aromatic rings. The first-order valence-corrected chi connectivity index (χ1v) is 8.57. The lowest BCUT2D eigenvalue weighted by atomic mass is 10.3. The van der Waals surface area contributed by atoms with Crippen LogP contribution in [0, 0.1) is 0 Å². The smallest absolute Gasteiger partial charge is 0.235 e. The molecule has 1 amide bonds. The normalized spacial score (nSPS) is 11.5. The minimum atomic E-state index is -3.33. The second-order valence-electron chi connectivity index (χ2n) is 4.43. The van der Waals surface area contributed by atoms with Gasteiger partial charge in [-0.3, -0.25) is 4.79 Å². The van der Waals surface area contributed by atoms with Crippen molar-refractivity contribution in [3.05, 3.63) is 12.7 Å². The van der Waals surface area contributed by atoms with E-state index < -0.39 is 21.5 Å². The van der Waals surface area contributed by atoms with Crippen molar-refractivity contribution in [1.82, 2.24) is 10.2 Å². The van der Waals surface area contributed by atoms with Gasteiger partial charge < -0.3 is 10.2 Å². The Morgan fingerprint density at radius 2 is 1.89 bits per heavy atom. The summed E-state index contributed by atoms with van der Waals surface area (Å²) < 4.78 is 22.7. The molecule has 0 rings (SSSR count). The standard InChI is InChI=1S/C13H26N2O3S/c1-4-11-19(17,18)12-13(16)14-9-7-8-10-15(5-2)6-3/h4H,1,5-12H2,2-3H3,(H,14,16). The van der Waals surface area contributed by atoms with Gasteiger partial charge in [-0.05, 0) is 32.5 Å². The molecule has 0 atom stereocenters. The van der Waals surface area contributed by atoms with Crippen LogP contribution in [0.3, 0.4) is 0 Å². The molecule has 0 saturated carbocycles. The summed E-state index contributed by atoms with van der Waals surface area (Å²) in [6.45, 7) is 11.2. The molecule has 0 saturated heterocycles. The number of nitrogens with one attached hydrogen (secondary N) is 1. The van der Waals surface area contributed by atoms with E-state index in [2.05, 4.69) is 30.6 Å². The van der Waals surface area contributed by atoms with Gasteiger partial charge in [-0.15, -0.1) is 6.58 Å². The van der Waals surface area contributed by atoms with Crippen molar-refractivity contribution < 1.29 is 13.2 Å². The van der Waals surface area contributed by atoms with Crippen molar-refractivity contribution in [2.45, 2.75) is 26.7 Å². The molecule has 0 spiro atoms. The molecule has 5 nitrogen and oxygen atoms in total. The fraction of sp³-hybridized carbons (Fsp3) is 0.769. The molecular formula is C13H26N2O3S. The number of carbonyl (C=O) groups excluding carboxylic acids is 1. The Hall–Kier alpha value is -0.880. The Morgan fingerprint density at radius 1 is 1.26 bits per heavy atom. The van der Waals surface area contributed by atoms with Crippen molar-refractivity contribution in [1.29, 1.82) is 0 Å². The number of carbonyl (C=O) groups is 1. The first kappa shape index (κ1) is 18.1. The number of nitrogens with zero attached hydrogens (tertiary/aromatic N) is 1. The summed E-state index contributed by atoms with van der Waals surface area (Å²) in [7, 11) is -3.33. The van der Waals surface area contributed by atoms with Crippen LogP contribution in [0.5, 0.6) is 0 Å². The van der Waals surface area contributed by atoms with Crippen LogP contribution >= 0.6 is 0 Å². The Labute approximate surface area is 117 Å². The molecule has 0 aliphatic heterocycles. The van der Waals surface area contributed by atoms with E-state index in [1.807, 2.05) is 0 Å². The highest BCUT2D eigenvalue weighted by Crippen LogP contribution is 1.95. The Kier molecular flexibility index (Phi) is 9.51. The summed E-state index contributed by atoms with van der Waals surface area (Å²) in [4.78, 5) is 13.7. The number of amides is 1. The van der Waals surface area contributed by atoms with Crippen molar-refractivity contribution >= 4 is 15.7 Å². The molecule has 0 unspecified atom stereocenters. The van der Waals surface area contributed by atoms with Crippen LogP contribution in [-0.2, 0) is 14.6 Å². The molecule has 0 radical (unpaired) electrons. The Bertz CT molecular complexity index is 362. The molecule has 0 fully saturated rings. The van der Waals surface area contributed by atoms with E-state index in [9.17, 15) is 13.2 Å². The SMILES string of the molecule is C=CCS(=O)(=O)CC(=O)NCCCCN(CC)CC. The van der Waals surface area contributed by atoms with E-state index in [0.717, 1.165) is 32.5 Å². The third-order valence-electron chi connectivity index (χ3n) is 2.84. The van der Waals surface area contributed by atoms with Gasteiger partial charge >= 0.3 is 0 Å². The first-order chi connectivity index (χ1) is 8.95. The second-order valence-corrected chi connectivity index (χ2v) is 6.54. The molecule has 0 aliphatic rings. The van der Waals surface area contributed by atoms with E-state index in [-0.39, 0.29) is 5.75 Å². The maximum absolute atomic E-state index is 11.4. The van der Waals surface area contributed by atoms with Crippen LogP contribution in [0.1, 0.15) is 26.7 Å². The predicted octanol–water partition coefficient (Wildman–Crippen LogP) is 0.825. The van der Waals surface area contributed by atoms with Gasteiger partial charge in [0.15, 0.2) is 9.84 Å². The van der Waals surface area contributed by atoms with Crippen molar-refractivity contribution in [2.24, 2.45) is 0 Å². The third-order valence-corrected chi connectivity index (χ3v) is 4.29. The summed E-state index contributed by atoms with van der Waals surface area (Å²) in [5.74, 6) is -1.03. The molecule has 112 valence electrons. The van der Waals surface area contributed by atoms with E-state index >= 15 is 0 Å². The largest absolute Gasteiger partial charge is 0.355 e. The highest BCUT2D eigenvalue weighted by molar-refractivity contribution is 7.92. The zero-order chi connectivity index (χ0) is 14.7. The maximum atomic E-state index is 11.4. The lowest BCUT2D eigenvalue weighted by Gasteiger charge is -2.17.